The maximum Gasteiger partial charge on any atom is 0.274 e. The molecule has 1 aromatic carbocycles. The van der Waals surface area contributed by atoms with Crippen LogP contribution < -0.4 is 10.9 Å². The van der Waals surface area contributed by atoms with Crippen LogP contribution in [0.2, 0.25) is 0 Å². The Balaban J connectivity index is 1.24. The summed E-state index contributed by atoms with van der Waals surface area (Å²) < 4.78 is 3.30. The number of hydrogen-bond acceptors (Lipinski definition) is 5. The summed E-state index contributed by atoms with van der Waals surface area (Å²) in [6.07, 6.45) is 5.85. The molecule has 1 N–H and O–H groups in total. The third kappa shape index (κ3) is 4.22. The molecule has 0 bridgehead atoms. The first-order chi connectivity index (χ1) is 14.6. The predicted octanol–water partition coefficient (Wildman–Crippen LogP) is 2.05. The van der Waals surface area contributed by atoms with E-state index in [0.29, 0.717) is 17.6 Å². The van der Waals surface area contributed by atoms with E-state index in [1.807, 2.05) is 47.0 Å². The van der Waals surface area contributed by atoms with Gasteiger partial charge in [-0.05, 0) is 31.0 Å². The molecule has 8 nitrogen and oxygen atoms in total. The largest absolute Gasteiger partial charge is 0.356 e. The van der Waals surface area contributed by atoms with E-state index in [9.17, 15) is 9.59 Å². The number of aryl methyl sites for hydroxylation is 2. The fourth-order valence-electron chi connectivity index (χ4n) is 3.60. The van der Waals surface area contributed by atoms with Crippen molar-refractivity contribution in [2.45, 2.75) is 32.1 Å². The van der Waals surface area contributed by atoms with Crippen molar-refractivity contribution < 1.29 is 4.79 Å². The van der Waals surface area contributed by atoms with E-state index in [2.05, 4.69) is 20.6 Å². The average molecular weight is 404 g/mol. The van der Waals surface area contributed by atoms with Gasteiger partial charge in [0.05, 0.1) is 17.5 Å². The van der Waals surface area contributed by atoms with Gasteiger partial charge in [0, 0.05) is 31.6 Å². The Bertz CT molecular complexity index is 1240. The Hall–Kier alpha value is -3.55. The van der Waals surface area contributed by atoms with Gasteiger partial charge in [-0.2, -0.15) is 5.10 Å². The van der Waals surface area contributed by atoms with Gasteiger partial charge in [0.2, 0.25) is 5.91 Å². The van der Waals surface area contributed by atoms with Crippen LogP contribution in [0.15, 0.2) is 53.5 Å². The summed E-state index contributed by atoms with van der Waals surface area (Å²) in [5.41, 5.74) is 1.32. The smallest absolute Gasteiger partial charge is 0.274 e. The highest BCUT2D eigenvalue weighted by atomic mass is 16.1. The van der Waals surface area contributed by atoms with Crippen LogP contribution in [0.5, 0.6) is 0 Å². The predicted molar refractivity (Wildman–Crippen MR) is 114 cm³/mol. The summed E-state index contributed by atoms with van der Waals surface area (Å²) in [6.45, 7) is 0.614. The van der Waals surface area contributed by atoms with E-state index in [-0.39, 0.29) is 17.9 Å². The maximum atomic E-state index is 12.4. The lowest BCUT2D eigenvalue weighted by Crippen LogP contribution is -2.28. The van der Waals surface area contributed by atoms with Gasteiger partial charge in [0.15, 0.2) is 5.65 Å². The van der Waals surface area contributed by atoms with E-state index >= 15 is 0 Å². The molecular formula is C22H24N6O2. The highest BCUT2D eigenvalue weighted by Crippen LogP contribution is 2.13. The minimum atomic E-state index is -0.157. The SMILES string of the molecule is Cn1nc(CC(=O)NCCCCCc2nnc3ccccn23)c2ccccc2c1=O. The molecule has 1 amide bonds. The molecule has 154 valence electrons. The second kappa shape index (κ2) is 8.86. The van der Waals surface area contributed by atoms with E-state index in [4.69, 9.17) is 0 Å². The summed E-state index contributed by atoms with van der Waals surface area (Å²) in [5.74, 6) is 0.872. The summed E-state index contributed by atoms with van der Waals surface area (Å²) in [4.78, 5) is 24.5. The van der Waals surface area contributed by atoms with Crippen LogP contribution in [0.3, 0.4) is 0 Å². The van der Waals surface area contributed by atoms with Gasteiger partial charge < -0.3 is 5.32 Å². The fourth-order valence-corrected chi connectivity index (χ4v) is 3.60. The van der Waals surface area contributed by atoms with Crippen molar-refractivity contribution in [2.75, 3.05) is 6.54 Å². The summed E-state index contributed by atoms with van der Waals surface area (Å²) in [7, 11) is 1.61. The number of nitrogens with zero attached hydrogens (tertiary/aromatic N) is 5. The van der Waals surface area contributed by atoms with Gasteiger partial charge in [-0.15, -0.1) is 10.2 Å². The van der Waals surface area contributed by atoms with E-state index in [1.165, 1.54) is 4.68 Å². The lowest BCUT2D eigenvalue weighted by atomic mass is 10.1. The lowest BCUT2D eigenvalue weighted by Gasteiger charge is -2.09. The Kier molecular flexibility index (Phi) is 5.83. The molecule has 0 saturated carbocycles. The summed E-state index contributed by atoms with van der Waals surface area (Å²) in [5, 5.41) is 16.9. The number of unbranched alkanes of at least 4 members (excludes halogenated alkanes) is 2. The molecule has 8 heteroatoms. The third-order valence-corrected chi connectivity index (χ3v) is 5.14. The van der Waals surface area contributed by atoms with Crippen molar-refractivity contribution >= 4 is 22.3 Å². The number of benzene rings is 1. The van der Waals surface area contributed by atoms with Crippen LogP contribution in [-0.4, -0.2) is 36.8 Å². The maximum absolute atomic E-state index is 12.4. The first-order valence-electron chi connectivity index (χ1n) is 10.1. The molecule has 0 saturated heterocycles. The number of amides is 1. The van der Waals surface area contributed by atoms with Gasteiger partial charge in [0.1, 0.15) is 5.82 Å². The second-order valence-corrected chi connectivity index (χ2v) is 7.30. The van der Waals surface area contributed by atoms with Crippen LogP contribution in [0.1, 0.15) is 30.8 Å². The normalized spacial score (nSPS) is 11.2. The number of nitrogens with one attached hydrogen (secondary N) is 1. The first-order valence-corrected chi connectivity index (χ1v) is 10.1. The first kappa shape index (κ1) is 19.8. The monoisotopic (exact) mass is 404 g/mol. The molecule has 0 radical (unpaired) electrons. The summed E-state index contributed by atoms with van der Waals surface area (Å²) >= 11 is 0. The van der Waals surface area contributed by atoms with Crippen LogP contribution >= 0.6 is 0 Å². The molecular weight excluding hydrogens is 380 g/mol. The molecule has 30 heavy (non-hydrogen) atoms. The second-order valence-electron chi connectivity index (χ2n) is 7.30. The Morgan fingerprint density at radius 2 is 1.80 bits per heavy atom. The van der Waals surface area contributed by atoms with Gasteiger partial charge in [-0.25, -0.2) is 4.68 Å². The van der Waals surface area contributed by atoms with Crippen molar-refractivity contribution in [1.82, 2.24) is 29.7 Å². The number of carbonyl (C=O) groups is 1. The number of carbonyl (C=O) groups excluding carboxylic acids is 1. The van der Waals surface area contributed by atoms with Crippen molar-refractivity contribution in [3.63, 3.8) is 0 Å². The zero-order valence-corrected chi connectivity index (χ0v) is 16.9. The summed E-state index contributed by atoms with van der Waals surface area (Å²) in [6, 6.07) is 13.1. The molecule has 0 aliphatic rings. The molecule has 4 aromatic rings. The number of aromatic nitrogens is 5. The zero-order valence-electron chi connectivity index (χ0n) is 16.9. The number of hydrogen-bond donors (Lipinski definition) is 1. The van der Waals surface area contributed by atoms with Gasteiger partial charge >= 0.3 is 0 Å². The molecule has 0 unspecified atom stereocenters. The molecule has 0 spiro atoms. The average Bonchev–Trinajstić information content (AvgIpc) is 3.17. The Morgan fingerprint density at radius 1 is 1.00 bits per heavy atom. The van der Waals surface area contributed by atoms with Gasteiger partial charge in [0.25, 0.3) is 5.56 Å². The Morgan fingerprint density at radius 3 is 2.67 bits per heavy atom. The van der Waals surface area contributed by atoms with Crippen LogP contribution in [0, 0.1) is 0 Å². The fraction of sp³-hybridized carbons (Fsp3) is 0.318. The van der Waals surface area contributed by atoms with Gasteiger partial charge in [-0.1, -0.05) is 30.7 Å². The highest BCUT2D eigenvalue weighted by Gasteiger charge is 2.12. The number of rotatable bonds is 8. The Labute approximate surface area is 173 Å². The molecule has 3 heterocycles. The number of pyridine rings is 1. The molecule has 0 aliphatic carbocycles. The molecule has 0 atom stereocenters. The minimum absolute atomic E-state index is 0.0882. The zero-order chi connectivity index (χ0) is 20.9. The minimum Gasteiger partial charge on any atom is -0.356 e. The standard InChI is InChI=1S/C22H24N6O2/c1-27-22(30)17-10-5-4-9-16(17)18(26-27)15-21(29)23-13-7-2-3-11-19-24-25-20-12-6-8-14-28(19)20/h4-6,8-10,12,14H,2-3,7,11,13,15H2,1H3,(H,23,29). The lowest BCUT2D eigenvalue weighted by molar-refractivity contribution is -0.120. The van der Waals surface area contributed by atoms with Crippen LogP contribution in [-0.2, 0) is 24.7 Å². The number of fused-ring (bicyclic) bond motifs is 2. The molecule has 0 aliphatic heterocycles. The van der Waals surface area contributed by atoms with Crippen molar-refractivity contribution in [3.05, 3.63) is 70.5 Å². The van der Waals surface area contributed by atoms with E-state index in [0.717, 1.165) is 42.5 Å². The van der Waals surface area contributed by atoms with Gasteiger partial charge in [-0.3, -0.25) is 14.0 Å². The van der Waals surface area contributed by atoms with E-state index < -0.39 is 0 Å². The molecule has 0 fully saturated rings. The van der Waals surface area contributed by atoms with Crippen molar-refractivity contribution in [2.24, 2.45) is 7.05 Å². The van der Waals surface area contributed by atoms with Crippen molar-refractivity contribution in [3.8, 4) is 0 Å². The molecule has 4 rings (SSSR count). The van der Waals surface area contributed by atoms with Crippen LogP contribution in [0.25, 0.3) is 16.4 Å². The topological polar surface area (TPSA) is 94.2 Å². The molecule has 3 aromatic heterocycles. The van der Waals surface area contributed by atoms with Crippen molar-refractivity contribution in [1.29, 1.82) is 0 Å². The quantitative estimate of drug-likeness (QED) is 0.454. The van der Waals surface area contributed by atoms with E-state index in [1.54, 1.807) is 13.1 Å². The third-order valence-electron chi connectivity index (χ3n) is 5.14. The van der Waals surface area contributed by atoms with Crippen LogP contribution in [0.4, 0.5) is 0 Å². The highest BCUT2D eigenvalue weighted by molar-refractivity contribution is 5.88.